The van der Waals surface area contributed by atoms with Crippen LogP contribution in [0.5, 0.6) is 0 Å². The summed E-state index contributed by atoms with van der Waals surface area (Å²) in [5, 5.41) is 15.6. The number of aliphatic hydroxyl groups is 1. The molecule has 0 aliphatic carbocycles. The van der Waals surface area contributed by atoms with Crippen LogP contribution in [0.3, 0.4) is 0 Å². The first-order valence-electron chi connectivity index (χ1n) is 7.51. The van der Waals surface area contributed by atoms with Crippen LogP contribution in [0.25, 0.3) is 0 Å². The molecule has 0 radical (unpaired) electrons. The summed E-state index contributed by atoms with van der Waals surface area (Å²) in [6.07, 6.45) is 1.27. The van der Waals surface area contributed by atoms with Crippen molar-refractivity contribution < 1.29 is 14.3 Å². The molecule has 3 N–H and O–H groups in total. The van der Waals surface area contributed by atoms with Crippen LogP contribution < -0.4 is 10.6 Å². The van der Waals surface area contributed by atoms with E-state index in [9.17, 15) is 14.3 Å². The van der Waals surface area contributed by atoms with Gasteiger partial charge in [0.2, 0.25) is 0 Å². The van der Waals surface area contributed by atoms with Crippen LogP contribution in [0.2, 0.25) is 0 Å². The standard InChI is InChI=1S/C18H21FN2O2/c1-18(23,12-11-14-5-3-2-4-6-14)13-20-17(22)21-16-9-7-15(19)8-10-16/h2-10,23H,11-13H2,1H3,(H2,20,21,22). The van der Waals surface area contributed by atoms with Crippen molar-refractivity contribution in [2.24, 2.45) is 0 Å². The molecule has 2 aromatic carbocycles. The molecule has 0 bridgehead atoms. The van der Waals surface area contributed by atoms with Crippen molar-refractivity contribution in [2.45, 2.75) is 25.4 Å². The van der Waals surface area contributed by atoms with E-state index in [0.717, 1.165) is 12.0 Å². The molecule has 0 fully saturated rings. The molecule has 23 heavy (non-hydrogen) atoms. The number of carbonyl (C=O) groups is 1. The third kappa shape index (κ3) is 6.08. The molecule has 2 amide bonds. The number of nitrogens with one attached hydrogen (secondary N) is 2. The van der Waals surface area contributed by atoms with E-state index in [1.165, 1.54) is 24.3 Å². The van der Waals surface area contributed by atoms with Crippen LogP contribution in [-0.2, 0) is 6.42 Å². The van der Waals surface area contributed by atoms with Gasteiger partial charge in [0.05, 0.1) is 5.60 Å². The Labute approximate surface area is 135 Å². The highest BCUT2D eigenvalue weighted by Crippen LogP contribution is 2.13. The summed E-state index contributed by atoms with van der Waals surface area (Å²) in [6.45, 7) is 1.82. The summed E-state index contributed by atoms with van der Waals surface area (Å²) in [4.78, 5) is 11.8. The summed E-state index contributed by atoms with van der Waals surface area (Å²) >= 11 is 0. The summed E-state index contributed by atoms with van der Waals surface area (Å²) in [5.74, 6) is -0.361. The lowest BCUT2D eigenvalue weighted by Crippen LogP contribution is -2.42. The second-order valence-corrected chi connectivity index (χ2v) is 5.80. The molecule has 4 nitrogen and oxygen atoms in total. The Morgan fingerprint density at radius 3 is 2.43 bits per heavy atom. The van der Waals surface area contributed by atoms with Crippen molar-refractivity contribution in [3.63, 3.8) is 0 Å². The number of anilines is 1. The highest BCUT2D eigenvalue weighted by molar-refractivity contribution is 5.89. The highest BCUT2D eigenvalue weighted by Gasteiger charge is 2.21. The Balaban J connectivity index is 1.76. The van der Waals surface area contributed by atoms with E-state index in [1.54, 1.807) is 6.92 Å². The minimum atomic E-state index is -1.00. The van der Waals surface area contributed by atoms with Crippen molar-refractivity contribution >= 4 is 11.7 Å². The molecule has 0 spiro atoms. The molecule has 0 saturated carbocycles. The lowest BCUT2D eigenvalue weighted by molar-refractivity contribution is 0.0539. The average Bonchev–Trinajstić information content (AvgIpc) is 2.55. The van der Waals surface area contributed by atoms with Crippen LogP contribution in [0.15, 0.2) is 54.6 Å². The van der Waals surface area contributed by atoms with Crippen molar-refractivity contribution in [3.8, 4) is 0 Å². The molecule has 2 aromatic rings. The molecule has 0 aliphatic heterocycles. The zero-order valence-corrected chi connectivity index (χ0v) is 13.1. The van der Waals surface area contributed by atoms with Crippen LogP contribution in [0.1, 0.15) is 18.9 Å². The maximum atomic E-state index is 12.8. The van der Waals surface area contributed by atoms with Gasteiger partial charge in [-0.15, -0.1) is 0 Å². The van der Waals surface area contributed by atoms with Gasteiger partial charge in [-0.2, -0.15) is 0 Å². The first kappa shape index (κ1) is 17.0. The Bertz CT molecular complexity index is 627. The third-order valence-electron chi connectivity index (χ3n) is 3.53. The summed E-state index contributed by atoms with van der Waals surface area (Å²) in [7, 11) is 0. The number of rotatable bonds is 6. The lowest BCUT2D eigenvalue weighted by Gasteiger charge is -2.23. The Morgan fingerprint density at radius 1 is 1.13 bits per heavy atom. The second-order valence-electron chi connectivity index (χ2n) is 5.80. The average molecular weight is 316 g/mol. The fourth-order valence-electron chi connectivity index (χ4n) is 2.13. The van der Waals surface area contributed by atoms with E-state index >= 15 is 0 Å². The molecule has 0 aliphatic rings. The molecule has 0 heterocycles. The van der Waals surface area contributed by atoms with Gasteiger partial charge >= 0.3 is 6.03 Å². The van der Waals surface area contributed by atoms with Crippen LogP contribution in [0, 0.1) is 5.82 Å². The minimum Gasteiger partial charge on any atom is -0.388 e. The predicted molar refractivity (Wildman–Crippen MR) is 88.8 cm³/mol. The number of urea groups is 1. The molecular formula is C18H21FN2O2. The fourth-order valence-corrected chi connectivity index (χ4v) is 2.13. The van der Waals surface area contributed by atoms with E-state index in [4.69, 9.17) is 0 Å². The first-order valence-corrected chi connectivity index (χ1v) is 7.51. The molecular weight excluding hydrogens is 295 g/mol. The number of carbonyl (C=O) groups excluding carboxylic acids is 1. The number of aryl methyl sites for hydroxylation is 1. The van der Waals surface area contributed by atoms with Crippen LogP contribution >= 0.6 is 0 Å². The molecule has 1 unspecified atom stereocenters. The maximum absolute atomic E-state index is 12.8. The minimum absolute atomic E-state index is 0.132. The summed E-state index contributed by atoms with van der Waals surface area (Å²) in [6, 6.07) is 14.9. The largest absolute Gasteiger partial charge is 0.388 e. The number of hydrogen-bond donors (Lipinski definition) is 3. The molecule has 2 rings (SSSR count). The van der Waals surface area contributed by atoms with Gasteiger partial charge in [0.1, 0.15) is 5.82 Å². The maximum Gasteiger partial charge on any atom is 0.319 e. The van der Waals surface area contributed by atoms with Gasteiger partial charge in [-0.25, -0.2) is 9.18 Å². The molecule has 0 saturated heterocycles. The van der Waals surface area contributed by atoms with Gasteiger partial charge in [-0.1, -0.05) is 30.3 Å². The van der Waals surface area contributed by atoms with Gasteiger partial charge in [0.25, 0.3) is 0 Å². The molecule has 1 atom stereocenters. The zero-order chi connectivity index (χ0) is 16.7. The SMILES string of the molecule is CC(O)(CCc1ccccc1)CNC(=O)Nc1ccc(F)cc1. The van der Waals surface area contributed by atoms with Gasteiger partial charge in [-0.05, 0) is 49.6 Å². The normalized spacial score (nSPS) is 13.2. The second kappa shape index (κ2) is 7.74. The quantitative estimate of drug-likeness (QED) is 0.765. The van der Waals surface area contributed by atoms with E-state index < -0.39 is 11.6 Å². The van der Waals surface area contributed by atoms with Gasteiger partial charge < -0.3 is 15.7 Å². The molecule has 0 aromatic heterocycles. The van der Waals surface area contributed by atoms with Gasteiger partial charge in [0.15, 0.2) is 0 Å². The Hall–Kier alpha value is -2.40. The van der Waals surface area contributed by atoms with Crippen LogP contribution in [-0.4, -0.2) is 23.3 Å². The molecule has 5 heteroatoms. The van der Waals surface area contributed by atoms with Crippen molar-refractivity contribution in [3.05, 3.63) is 66.0 Å². The lowest BCUT2D eigenvalue weighted by atomic mass is 9.97. The zero-order valence-electron chi connectivity index (χ0n) is 13.1. The van der Waals surface area contributed by atoms with Crippen molar-refractivity contribution in [2.75, 3.05) is 11.9 Å². The van der Waals surface area contributed by atoms with E-state index in [-0.39, 0.29) is 12.4 Å². The van der Waals surface area contributed by atoms with Crippen molar-refractivity contribution in [1.29, 1.82) is 0 Å². The molecule has 122 valence electrons. The predicted octanol–water partition coefficient (Wildman–Crippen LogP) is 3.33. The van der Waals surface area contributed by atoms with E-state index in [0.29, 0.717) is 12.1 Å². The van der Waals surface area contributed by atoms with Crippen molar-refractivity contribution in [1.82, 2.24) is 5.32 Å². The smallest absolute Gasteiger partial charge is 0.319 e. The number of hydrogen-bond acceptors (Lipinski definition) is 2. The van der Waals surface area contributed by atoms with E-state index in [2.05, 4.69) is 10.6 Å². The Kier molecular flexibility index (Phi) is 5.71. The van der Waals surface area contributed by atoms with Gasteiger partial charge in [-0.3, -0.25) is 0 Å². The fraction of sp³-hybridized carbons (Fsp3) is 0.278. The first-order chi connectivity index (χ1) is 10.9. The van der Waals surface area contributed by atoms with Gasteiger partial charge in [0, 0.05) is 12.2 Å². The number of halogens is 1. The summed E-state index contributed by atoms with van der Waals surface area (Å²) < 4.78 is 12.8. The number of amides is 2. The number of benzene rings is 2. The third-order valence-corrected chi connectivity index (χ3v) is 3.53. The monoisotopic (exact) mass is 316 g/mol. The highest BCUT2D eigenvalue weighted by atomic mass is 19.1. The van der Waals surface area contributed by atoms with Crippen LogP contribution in [0.4, 0.5) is 14.9 Å². The topological polar surface area (TPSA) is 61.4 Å². The summed E-state index contributed by atoms with van der Waals surface area (Å²) in [5.41, 5.74) is 0.632. The Morgan fingerprint density at radius 2 is 1.78 bits per heavy atom. The van der Waals surface area contributed by atoms with E-state index in [1.807, 2.05) is 30.3 Å².